The van der Waals surface area contributed by atoms with Gasteiger partial charge in [-0.2, -0.15) is 0 Å². The molecule has 1 unspecified atom stereocenters. The molecule has 0 saturated carbocycles. The summed E-state index contributed by atoms with van der Waals surface area (Å²) < 4.78 is 13.6. The second kappa shape index (κ2) is 4.80. The first kappa shape index (κ1) is 14.0. The third kappa shape index (κ3) is 2.19. The normalized spacial score (nSPS) is 24.4. The molecule has 8 heteroatoms. The lowest BCUT2D eigenvalue weighted by Gasteiger charge is -2.21. The molecule has 2 saturated heterocycles. The van der Waals surface area contributed by atoms with Crippen LogP contribution in [0.5, 0.6) is 0 Å². The number of rotatable bonds is 1. The summed E-state index contributed by atoms with van der Waals surface area (Å²) in [5.41, 5.74) is -0.871. The van der Waals surface area contributed by atoms with Gasteiger partial charge in [-0.15, -0.1) is 0 Å². The van der Waals surface area contributed by atoms with E-state index in [0.29, 0.717) is 13.0 Å². The molecule has 0 bridgehead atoms. The van der Waals surface area contributed by atoms with Gasteiger partial charge in [0.15, 0.2) is 0 Å². The van der Waals surface area contributed by atoms with Gasteiger partial charge in [-0.3, -0.25) is 14.9 Å². The molecule has 1 atom stereocenters. The van der Waals surface area contributed by atoms with Crippen LogP contribution in [-0.4, -0.2) is 41.4 Å². The van der Waals surface area contributed by atoms with E-state index in [0.717, 1.165) is 0 Å². The molecule has 110 valence electrons. The number of urea groups is 1. The molecule has 2 N–H and O–H groups in total. The van der Waals surface area contributed by atoms with Crippen molar-refractivity contribution in [3.8, 4) is 0 Å². The maximum absolute atomic E-state index is 13.5. The number of nitrogens with zero attached hydrogens (tertiary/aromatic N) is 1. The molecule has 2 heterocycles. The van der Waals surface area contributed by atoms with Gasteiger partial charge in [0.1, 0.15) is 11.4 Å². The number of hydrogen-bond donors (Lipinski definition) is 2. The summed E-state index contributed by atoms with van der Waals surface area (Å²) >= 11 is 3.05. The molecule has 1 aromatic carbocycles. The van der Waals surface area contributed by atoms with Crippen LogP contribution in [-0.2, 0) is 4.79 Å². The Bertz CT molecular complexity index is 666. The van der Waals surface area contributed by atoms with E-state index < -0.39 is 23.3 Å². The molecule has 4 amide bonds. The fraction of sp³-hybridized carbons (Fsp3) is 0.308. The van der Waals surface area contributed by atoms with Gasteiger partial charge >= 0.3 is 6.03 Å². The lowest BCUT2D eigenvalue weighted by molar-refractivity contribution is -0.123. The third-order valence-electron chi connectivity index (χ3n) is 3.75. The summed E-state index contributed by atoms with van der Waals surface area (Å²) in [4.78, 5) is 37.0. The minimum absolute atomic E-state index is 0.0758. The predicted molar refractivity (Wildman–Crippen MR) is 74.0 cm³/mol. The zero-order valence-electron chi connectivity index (χ0n) is 10.8. The van der Waals surface area contributed by atoms with E-state index in [1.807, 2.05) is 0 Å². The van der Waals surface area contributed by atoms with Crippen LogP contribution in [0.2, 0.25) is 0 Å². The minimum atomic E-state index is -1.06. The van der Waals surface area contributed by atoms with Gasteiger partial charge in [0.2, 0.25) is 0 Å². The first-order valence-corrected chi connectivity index (χ1v) is 7.09. The zero-order chi connectivity index (χ0) is 15.2. The summed E-state index contributed by atoms with van der Waals surface area (Å²) in [5, 5.41) is 4.74. The van der Waals surface area contributed by atoms with Crippen molar-refractivity contribution < 1.29 is 18.8 Å². The van der Waals surface area contributed by atoms with E-state index in [-0.39, 0.29) is 22.5 Å². The number of amides is 4. The molecule has 0 radical (unpaired) electrons. The third-order valence-corrected chi connectivity index (χ3v) is 4.56. The van der Waals surface area contributed by atoms with Crippen molar-refractivity contribution >= 4 is 33.8 Å². The summed E-state index contributed by atoms with van der Waals surface area (Å²) in [6, 6.07) is 3.65. The monoisotopic (exact) mass is 355 g/mol. The summed E-state index contributed by atoms with van der Waals surface area (Å²) in [5.74, 6) is -1.34. The van der Waals surface area contributed by atoms with Crippen LogP contribution in [0.1, 0.15) is 16.8 Å². The highest BCUT2D eigenvalue weighted by Gasteiger charge is 2.51. The first-order valence-electron chi connectivity index (χ1n) is 6.30. The highest BCUT2D eigenvalue weighted by molar-refractivity contribution is 9.10. The van der Waals surface area contributed by atoms with Crippen LogP contribution >= 0.6 is 15.9 Å². The second-order valence-corrected chi connectivity index (χ2v) is 5.86. The molecule has 2 fully saturated rings. The molecule has 2 aliphatic heterocycles. The van der Waals surface area contributed by atoms with Crippen LogP contribution in [0, 0.1) is 5.82 Å². The largest absolute Gasteiger partial charge is 0.336 e. The lowest BCUT2D eigenvalue weighted by Crippen LogP contribution is -2.49. The SMILES string of the molecule is O=C1NC(=O)C2(CCN(C(=O)c3cccc(F)c3Br)C2)N1. The molecule has 0 aromatic heterocycles. The van der Waals surface area contributed by atoms with Gasteiger partial charge in [0.25, 0.3) is 11.8 Å². The summed E-state index contributed by atoms with van der Waals surface area (Å²) in [6.07, 6.45) is 0.337. The van der Waals surface area contributed by atoms with Gasteiger partial charge < -0.3 is 10.2 Å². The number of likely N-dealkylation sites (tertiary alicyclic amines) is 1. The Balaban J connectivity index is 1.83. The van der Waals surface area contributed by atoms with Crippen molar-refractivity contribution in [1.82, 2.24) is 15.5 Å². The molecule has 3 rings (SSSR count). The Morgan fingerprint density at radius 2 is 2.14 bits per heavy atom. The maximum Gasteiger partial charge on any atom is 0.322 e. The number of carbonyl (C=O) groups excluding carboxylic acids is 3. The van der Waals surface area contributed by atoms with Crippen LogP contribution < -0.4 is 10.6 Å². The average Bonchev–Trinajstić information content (AvgIpc) is 2.97. The standard InChI is InChI=1S/C13H11BrFN3O3/c14-9-7(2-1-3-8(9)15)10(19)18-5-4-13(6-18)11(20)16-12(21)17-13/h1-3H,4-6H2,(H2,16,17,20,21). The van der Waals surface area contributed by atoms with Crippen LogP contribution in [0.4, 0.5) is 9.18 Å². The lowest BCUT2D eigenvalue weighted by atomic mass is 9.99. The molecule has 0 aliphatic carbocycles. The van der Waals surface area contributed by atoms with Crippen molar-refractivity contribution in [3.05, 3.63) is 34.1 Å². The Hall–Kier alpha value is -1.96. The van der Waals surface area contributed by atoms with Gasteiger partial charge in [0, 0.05) is 6.54 Å². The molecular formula is C13H11BrFN3O3. The van der Waals surface area contributed by atoms with Crippen molar-refractivity contribution in [2.45, 2.75) is 12.0 Å². The predicted octanol–water partition coefficient (Wildman–Crippen LogP) is 1.01. The second-order valence-electron chi connectivity index (χ2n) is 5.07. The minimum Gasteiger partial charge on any atom is -0.336 e. The number of benzene rings is 1. The van der Waals surface area contributed by atoms with Gasteiger partial charge in [-0.05, 0) is 34.5 Å². The number of imide groups is 1. The smallest absolute Gasteiger partial charge is 0.322 e. The number of halogens is 2. The Kier molecular flexibility index (Phi) is 3.20. The van der Waals surface area contributed by atoms with E-state index in [1.165, 1.54) is 23.1 Å². The average molecular weight is 356 g/mol. The van der Waals surface area contributed by atoms with E-state index in [1.54, 1.807) is 0 Å². The quantitative estimate of drug-likeness (QED) is 0.738. The molecule has 6 nitrogen and oxygen atoms in total. The Labute approximate surface area is 127 Å². The van der Waals surface area contributed by atoms with Crippen LogP contribution in [0.3, 0.4) is 0 Å². The number of nitrogens with one attached hydrogen (secondary N) is 2. The Morgan fingerprint density at radius 3 is 2.81 bits per heavy atom. The molecule has 2 aliphatic rings. The molecular weight excluding hydrogens is 345 g/mol. The Morgan fingerprint density at radius 1 is 1.38 bits per heavy atom. The molecule has 1 aromatic rings. The maximum atomic E-state index is 13.5. The fourth-order valence-corrected chi connectivity index (χ4v) is 3.07. The van der Waals surface area contributed by atoms with E-state index in [4.69, 9.17) is 0 Å². The van der Waals surface area contributed by atoms with Crippen LogP contribution in [0.15, 0.2) is 22.7 Å². The van der Waals surface area contributed by atoms with E-state index in [2.05, 4.69) is 26.6 Å². The van der Waals surface area contributed by atoms with Gasteiger partial charge in [0.05, 0.1) is 16.6 Å². The fourth-order valence-electron chi connectivity index (χ4n) is 2.64. The van der Waals surface area contributed by atoms with Gasteiger partial charge in [-0.25, -0.2) is 9.18 Å². The highest BCUT2D eigenvalue weighted by Crippen LogP contribution is 2.28. The summed E-state index contributed by atoms with van der Waals surface area (Å²) in [6.45, 7) is 0.391. The number of carbonyl (C=O) groups is 3. The summed E-state index contributed by atoms with van der Waals surface area (Å²) in [7, 11) is 0. The van der Waals surface area contributed by atoms with Crippen molar-refractivity contribution in [3.63, 3.8) is 0 Å². The topological polar surface area (TPSA) is 78.5 Å². The zero-order valence-corrected chi connectivity index (χ0v) is 12.4. The van der Waals surface area contributed by atoms with E-state index >= 15 is 0 Å². The number of hydrogen-bond acceptors (Lipinski definition) is 3. The highest BCUT2D eigenvalue weighted by atomic mass is 79.9. The van der Waals surface area contributed by atoms with Crippen molar-refractivity contribution in [2.75, 3.05) is 13.1 Å². The van der Waals surface area contributed by atoms with Crippen LogP contribution in [0.25, 0.3) is 0 Å². The van der Waals surface area contributed by atoms with Crippen molar-refractivity contribution in [1.29, 1.82) is 0 Å². The first-order chi connectivity index (χ1) is 9.93. The van der Waals surface area contributed by atoms with Crippen molar-refractivity contribution in [2.24, 2.45) is 0 Å². The molecule has 1 spiro atoms. The van der Waals surface area contributed by atoms with Gasteiger partial charge in [-0.1, -0.05) is 6.07 Å². The molecule has 21 heavy (non-hydrogen) atoms. The van der Waals surface area contributed by atoms with E-state index in [9.17, 15) is 18.8 Å².